The van der Waals surface area contributed by atoms with Crippen molar-refractivity contribution in [1.29, 1.82) is 0 Å². The number of carbonyl (C=O) groups excluding carboxylic acids is 2. The first-order valence-electron chi connectivity index (χ1n) is 13.7. The Hall–Kier alpha value is -1.93. The normalized spacial score (nSPS) is 13.5. The van der Waals surface area contributed by atoms with Gasteiger partial charge in [0.05, 0.1) is 34.4 Å². The van der Waals surface area contributed by atoms with Gasteiger partial charge in [-0.05, 0) is 32.1 Å². The van der Waals surface area contributed by atoms with Crippen LogP contribution in [0.15, 0.2) is 12.2 Å². The maximum atomic E-state index is 12.3. The minimum Gasteiger partial charge on any atom is -0.477 e. The van der Waals surface area contributed by atoms with Crippen LogP contribution >= 0.6 is 0 Å². The molecular weight excluding hydrogens is 462 g/mol. The van der Waals surface area contributed by atoms with Gasteiger partial charge in [-0.1, -0.05) is 58.1 Å². The molecule has 0 fully saturated rings. The Balaban J connectivity index is 4.23. The second-order valence-corrected chi connectivity index (χ2v) is 10.3. The molecule has 0 spiro atoms. The predicted octanol–water partition coefficient (Wildman–Crippen LogP) is 5.28. The lowest BCUT2D eigenvalue weighted by atomic mass is 10.1. The zero-order chi connectivity index (χ0) is 27.2. The van der Waals surface area contributed by atoms with E-state index < -0.39 is 18.1 Å². The number of likely N-dealkylation sites (N-methyl/N-ethyl adjacent to an activating group) is 1. The van der Waals surface area contributed by atoms with Crippen molar-refractivity contribution in [2.24, 2.45) is 0 Å². The Morgan fingerprint density at radius 3 is 2.03 bits per heavy atom. The molecule has 0 saturated heterocycles. The first kappa shape index (κ1) is 34.1. The number of esters is 2. The molecular formula is C28H52NO7+. The Morgan fingerprint density at radius 2 is 1.44 bits per heavy atom. The molecule has 2 atom stereocenters. The van der Waals surface area contributed by atoms with Gasteiger partial charge in [-0.3, -0.25) is 9.59 Å². The molecule has 0 radical (unpaired) electrons. The number of carbonyl (C=O) groups is 3. The van der Waals surface area contributed by atoms with Crippen LogP contribution in [0.3, 0.4) is 0 Å². The number of unbranched alkanes of at least 4 members (excludes halogenated alkanes) is 8. The highest BCUT2D eigenvalue weighted by atomic mass is 16.6. The summed E-state index contributed by atoms with van der Waals surface area (Å²) in [5.41, 5.74) is 0. The van der Waals surface area contributed by atoms with Crippen molar-refractivity contribution in [1.82, 2.24) is 0 Å². The number of allylic oxidation sites excluding steroid dienone is 2. The maximum absolute atomic E-state index is 12.3. The van der Waals surface area contributed by atoms with Gasteiger partial charge in [-0.25, -0.2) is 4.79 Å². The lowest BCUT2D eigenvalue weighted by Gasteiger charge is -2.31. The number of carboxylic acids is 1. The first-order chi connectivity index (χ1) is 17.1. The first-order valence-corrected chi connectivity index (χ1v) is 13.7. The van der Waals surface area contributed by atoms with E-state index in [-0.39, 0.29) is 42.7 Å². The van der Waals surface area contributed by atoms with E-state index in [0.29, 0.717) is 12.8 Å². The van der Waals surface area contributed by atoms with Gasteiger partial charge in [-0.2, -0.15) is 0 Å². The topological polar surface area (TPSA) is 99.1 Å². The molecule has 0 saturated carbocycles. The molecule has 0 rings (SSSR count). The molecule has 8 heteroatoms. The Labute approximate surface area is 218 Å². The van der Waals surface area contributed by atoms with Crippen molar-refractivity contribution in [3.63, 3.8) is 0 Å². The highest BCUT2D eigenvalue weighted by Crippen LogP contribution is 2.11. The molecule has 0 bridgehead atoms. The summed E-state index contributed by atoms with van der Waals surface area (Å²) in [6.45, 7) is 4.10. The number of quaternary nitrogens is 1. The lowest BCUT2D eigenvalue weighted by Crippen LogP contribution is -2.50. The summed E-state index contributed by atoms with van der Waals surface area (Å²) in [5, 5.41) is 9.42. The summed E-state index contributed by atoms with van der Waals surface area (Å²) < 4.78 is 16.5. The van der Waals surface area contributed by atoms with Crippen LogP contribution in [0.4, 0.5) is 0 Å². The van der Waals surface area contributed by atoms with E-state index >= 15 is 0 Å². The molecule has 0 aromatic rings. The molecule has 36 heavy (non-hydrogen) atoms. The number of nitrogens with zero attached hydrogens (tertiary/aromatic N) is 1. The molecule has 8 nitrogen and oxygen atoms in total. The van der Waals surface area contributed by atoms with Gasteiger partial charge >= 0.3 is 17.9 Å². The fourth-order valence-electron chi connectivity index (χ4n) is 3.71. The smallest absolute Gasteiger partial charge is 0.362 e. The predicted molar refractivity (Wildman–Crippen MR) is 142 cm³/mol. The summed E-state index contributed by atoms with van der Waals surface area (Å²) in [6.07, 6.45) is 16.0. The highest BCUT2D eigenvalue weighted by molar-refractivity contribution is 5.72. The van der Waals surface area contributed by atoms with Crippen LogP contribution in [-0.4, -0.2) is 80.6 Å². The largest absolute Gasteiger partial charge is 0.477 e. The molecule has 0 heterocycles. The van der Waals surface area contributed by atoms with Crippen molar-refractivity contribution < 1.29 is 38.2 Å². The zero-order valence-electron chi connectivity index (χ0n) is 23.5. The molecule has 0 amide bonds. The van der Waals surface area contributed by atoms with Crippen LogP contribution in [0.25, 0.3) is 0 Å². The van der Waals surface area contributed by atoms with Crippen LogP contribution in [0.1, 0.15) is 97.3 Å². The number of hydrogen-bond donors (Lipinski definition) is 1. The molecule has 0 aromatic carbocycles. The third-order valence-corrected chi connectivity index (χ3v) is 5.97. The molecule has 210 valence electrons. The summed E-state index contributed by atoms with van der Waals surface area (Å²) >= 11 is 0. The second-order valence-electron chi connectivity index (χ2n) is 10.3. The summed E-state index contributed by atoms with van der Waals surface area (Å²) in [6, 6.07) is -0.606. The summed E-state index contributed by atoms with van der Waals surface area (Å²) in [4.78, 5) is 35.3. The number of rotatable bonds is 23. The standard InChI is InChI=1S/C28H51NO7/c1-6-8-9-10-11-12-13-14-15-16-17-18-19-27(31)36-24(23-35-26(30)7-2)22-34-21-20-25(28(32)33)29(3,4)5/h11-12,24-25H,6-10,13-23H2,1-5H3/p+1/b12-11-. The Kier molecular flexibility index (Phi) is 20.0. The zero-order valence-corrected chi connectivity index (χ0v) is 23.5. The van der Waals surface area contributed by atoms with Gasteiger partial charge in [0.1, 0.15) is 6.61 Å². The average Bonchev–Trinajstić information content (AvgIpc) is 2.81. The van der Waals surface area contributed by atoms with Crippen molar-refractivity contribution >= 4 is 17.9 Å². The van der Waals surface area contributed by atoms with E-state index in [9.17, 15) is 19.5 Å². The SMILES string of the molecule is CCCCC/C=C\CCCCCCCC(=O)OC(COCCC(C(=O)O)[N+](C)(C)C)COC(=O)CC. The maximum Gasteiger partial charge on any atom is 0.362 e. The van der Waals surface area contributed by atoms with Crippen LogP contribution in [0.5, 0.6) is 0 Å². The highest BCUT2D eigenvalue weighted by Gasteiger charge is 2.31. The number of hydrogen-bond acceptors (Lipinski definition) is 6. The minimum absolute atomic E-state index is 0.0537. The molecule has 0 aliphatic rings. The van der Waals surface area contributed by atoms with E-state index in [1.807, 2.05) is 21.1 Å². The number of carboxylic acid groups (broad SMARTS) is 1. The van der Waals surface area contributed by atoms with Gasteiger partial charge in [0.25, 0.3) is 0 Å². The van der Waals surface area contributed by atoms with Gasteiger partial charge in [0, 0.05) is 19.3 Å². The minimum atomic E-state index is -0.884. The van der Waals surface area contributed by atoms with E-state index in [1.54, 1.807) is 6.92 Å². The molecule has 0 aromatic heterocycles. The second kappa shape index (κ2) is 21.2. The third-order valence-electron chi connectivity index (χ3n) is 5.97. The van der Waals surface area contributed by atoms with Gasteiger partial charge in [0.15, 0.2) is 12.1 Å². The van der Waals surface area contributed by atoms with Crippen molar-refractivity contribution in [3.05, 3.63) is 12.2 Å². The van der Waals surface area contributed by atoms with Crippen LogP contribution in [0, 0.1) is 0 Å². The summed E-state index contributed by atoms with van der Waals surface area (Å²) in [7, 11) is 5.46. The van der Waals surface area contributed by atoms with Crippen molar-refractivity contribution in [3.8, 4) is 0 Å². The van der Waals surface area contributed by atoms with E-state index in [2.05, 4.69) is 19.1 Å². The van der Waals surface area contributed by atoms with E-state index in [1.165, 1.54) is 32.1 Å². The van der Waals surface area contributed by atoms with E-state index in [4.69, 9.17) is 14.2 Å². The van der Waals surface area contributed by atoms with Crippen LogP contribution in [-0.2, 0) is 28.6 Å². The van der Waals surface area contributed by atoms with Crippen molar-refractivity contribution in [2.75, 3.05) is 41.0 Å². The summed E-state index contributed by atoms with van der Waals surface area (Å²) in [5.74, 6) is -1.59. The monoisotopic (exact) mass is 514 g/mol. The molecule has 2 unspecified atom stereocenters. The van der Waals surface area contributed by atoms with Crippen LogP contribution in [0.2, 0.25) is 0 Å². The van der Waals surface area contributed by atoms with Gasteiger partial charge < -0.3 is 23.8 Å². The lowest BCUT2D eigenvalue weighted by molar-refractivity contribution is -0.887. The fraction of sp³-hybridized carbons (Fsp3) is 0.821. The van der Waals surface area contributed by atoms with Crippen LogP contribution < -0.4 is 0 Å². The Morgan fingerprint density at radius 1 is 0.833 bits per heavy atom. The molecule has 1 N–H and O–H groups in total. The Bertz CT molecular complexity index is 628. The number of ether oxygens (including phenoxy) is 3. The molecule has 0 aliphatic carbocycles. The number of aliphatic carboxylic acids is 1. The van der Waals surface area contributed by atoms with Gasteiger partial charge in [0.2, 0.25) is 0 Å². The molecule has 0 aliphatic heterocycles. The quantitative estimate of drug-likeness (QED) is 0.0856. The third kappa shape index (κ3) is 19.3. The average molecular weight is 515 g/mol. The fourth-order valence-corrected chi connectivity index (χ4v) is 3.71. The van der Waals surface area contributed by atoms with Gasteiger partial charge in [-0.15, -0.1) is 0 Å². The van der Waals surface area contributed by atoms with Crippen molar-refractivity contribution in [2.45, 2.75) is 109 Å². The van der Waals surface area contributed by atoms with E-state index in [0.717, 1.165) is 32.1 Å².